The molecule has 144 valence electrons. The maximum absolute atomic E-state index is 13.2. The monoisotopic (exact) mass is 408 g/mol. The molecule has 9 heteroatoms. The van der Waals surface area contributed by atoms with Crippen LogP contribution in [0.15, 0.2) is 53.6 Å². The summed E-state index contributed by atoms with van der Waals surface area (Å²) in [4.78, 5) is 33.1. The van der Waals surface area contributed by atoms with Gasteiger partial charge in [0.2, 0.25) is 10.7 Å². The predicted octanol–water partition coefficient (Wildman–Crippen LogP) is 3.45. The molecule has 3 heterocycles. The molecule has 0 radical (unpaired) electrons. The average Bonchev–Trinajstić information content (AvgIpc) is 3.14. The Bertz CT molecular complexity index is 1280. The van der Waals surface area contributed by atoms with E-state index in [4.69, 9.17) is 4.74 Å². The Morgan fingerprint density at radius 1 is 1.21 bits per heavy atom. The number of nitrogens with zero attached hydrogens (tertiary/aromatic N) is 4. The van der Waals surface area contributed by atoms with Gasteiger partial charge in [0.25, 0.3) is 0 Å². The molecule has 1 aromatic carbocycles. The molecule has 0 unspecified atom stereocenters. The first-order valence-corrected chi connectivity index (χ1v) is 9.29. The van der Waals surface area contributed by atoms with Gasteiger partial charge in [0.1, 0.15) is 16.5 Å². The van der Waals surface area contributed by atoms with Crippen molar-refractivity contribution in [2.75, 3.05) is 0 Å². The molecule has 0 aliphatic heterocycles. The van der Waals surface area contributed by atoms with Crippen molar-refractivity contribution in [3.05, 3.63) is 76.2 Å². The van der Waals surface area contributed by atoms with Crippen LogP contribution in [0.5, 0.6) is 5.75 Å². The predicted molar refractivity (Wildman–Crippen MR) is 107 cm³/mol. The Balaban J connectivity index is 1.85. The summed E-state index contributed by atoms with van der Waals surface area (Å²) >= 11 is 1.17. The number of rotatable bonds is 4. The molecular weight excluding hydrogens is 395 g/mol. The lowest BCUT2D eigenvalue weighted by atomic mass is 10.2. The van der Waals surface area contributed by atoms with E-state index in [2.05, 4.69) is 15.1 Å². The highest BCUT2D eigenvalue weighted by Gasteiger charge is 2.18. The van der Waals surface area contributed by atoms with Crippen LogP contribution in [0.3, 0.4) is 0 Å². The number of pyridine rings is 1. The van der Waals surface area contributed by atoms with E-state index in [0.717, 1.165) is 10.1 Å². The molecule has 4 rings (SSSR count). The van der Waals surface area contributed by atoms with Crippen molar-refractivity contribution in [3.8, 4) is 16.3 Å². The summed E-state index contributed by atoms with van der Waals surface area (Å²) in [6.07, 6.45) is 6.58. The van der Waals surface area contributed by atoms with E-state index >= 15 is 0 Å². The lowest BCUT2D eigenvalue weighted by Gasteiger charge is -2.04. The summed E-state index contributed by atoms with van der Waals surface area (Å²) in [6.45, 7) is 1.20. The summed E-state index contributed by atoms with van der Waals surface area (Å²) in [6, 6.07) is 9.35. The molecule has 0 aliphatic rings. The third-order valence-electron chi connectivity index (χ3n) is 3.85. The molecule has 0 spiro atoms. The number of halogens is 1. The number of fused-ring (bicyclic) bond motifs is 1. The zero-order chi connectivity index (χ0) is 20.4. The Labute approximate surface area is 167 Å². The second-order valence-corrected chi connectivity index (χ2v) is 6.91. The maximum Gasteiger partial charge on any atom is 0.318 e. The van der Waals surface area contributed by atoms with Crippen LogP contribution in [0.2, 0.25) is 0 Å². The zero-order valence-corrected chi connectivity index (χ0v) is 15.9. The molecule has 0 aliphatic carbocycles. The van der Waals surface area contributed by atoms with E-state index in [1.54, 1.807) is 42.7 Å². The third-order valence-corrected chi connectivity index (χ3v) is 4.81. The third kappa shape index (κ3) is 3.94. The highest BCUT2D eigenvalue weighted by atomic mass is 32.1. The van der Waals surface area contributed by atoms with Gasteiger partial charge < -0.3 is 4.74 Å². The fraction of sp³-hybridized carbons (Fsp3) is 0.0500. The van der Waals surface area contributed by atoms with Crippen LogP contribution in [0.4, 0.5) is 4.39 Å². The van der Waals surface area contributed by atoms with Crippen LogP contribution in [0.25, 0.3) is 27.7 Å². The Morgan fingerprint density at radius 2 is 2.00 bits per heavy atom. The van der Waals surface area contributed by atoms with Gasteiger partial charge in [0.05, 0.1) is 0 Å². The van der Waals surface area contributed by atoms with Crippen molar-refractivity contribution in [3.63, 3.8) is 0 Å². The second kappa shape index (κ2) is 7.72. The first kappa shape index (κ1) is 18.6. The summed E-state index contributed by atoms with van der Waals surface area (Å²) < 4.78 is 19.4. The molecule has 3 aromatic heterocycles. The van der Waals surface area contributed by atoms with E-state index in [-0.39, 0.29) is 17.3 Å². The van der Waals surface area contributed by atoms with Gasteiger partial charge in [-0.15, -0.1) is 0 Å². The van der Waals surface area contributed by atoms with Crippen molar-refractivity contribution >= 4 is 34.4 Å². The standard InChI is InChI=1S/C20H13FN4O3S/c1-12(26)28-17-16(9-4-13-3-2-10-22-11-13)23-20-25(19(17)27)24-18(29-20)14-5-7-15(21)8-6-14/h2-11H,1H3. The van der Waals surface area contributed by atoms with Gasteiger partial charge in [-0.05, 0) is 42.0 Å². The van der Waals surface area contributed by atoms with E-state index in [0.29, 0.717) is 15.5 Å². The average molecular weight is 408 g/mol. The van der Waals surface area contributed by atoms with E-state index in [1.807, 2.05) is 6.07 Å². The molecule has 0 atom stereocenters. The maximum atomic E-state index is 13.2. The summed E-state index contributed by atoms with van der Waals surface area (Å²) in [5.74, 6) is -1.23. The van der Waals surface area contributed by atoms with Crippen LogP contribution in [0.1, 0.15) is 18.2 Å². The number of aromatic nitrogens is 4. The van der Waals surface area contributed by atoms with Gasteiger partial charge in [-0.3, -0.25) is 14.6 Å². The van der Waals surface area contributed by atoms with Crippen LogP contribution in [0, 0.1) is 5.82 Å². The first-order chi connectivity index (χ1) is 14.0. The van der Waals surface area contributed by atoms with E-state index in [1.165, 1.54) is 30.4 Å². The molecule has 0 amide bonds. The van der Waals surface area contributed by atoms with Crippen LogP contribution in [-0.2, 0) is 4.79 Å². The van der Waals surface area contributed by atoms with Crippen molar-refractivity contribution in [2.24, 2.45) is 0 Å². The van der Waals surface area contributed by atoms with Crippen molar-refractivity contribution < 1.29 is 13.9 Å². The minimum absolute atomic E-state index is 0.198. The highest BCUT2D eigenvalue weighted by molar-refractivity contribution is 7.19. The minimum Gasteiger partial charge on any atom is -0.418 e. The quantitative estimate of drug-likeness (QED) is 0.481. The molecular formula is C20H13FN4O3S. The van der Waals surface area contributed by atoms with Gasteiger partial charge in [-0.2, -0.15) is 9.61 Å². The molecule has 0 N–H and O–H groups in total. The number of carbonyl (C=O) groups is 1. The van der Waals surface area contributed by atoms with Gasteiger partial charge in [-0.25, -0.2) is 9.37 Å². The molecule has 0 saturated carbocycles. The fourth-order valence-electron chi connectivity index (χ4n) is 2.56. The van der Waals surface area contributed by atoms with Crippen molar-refractivity contribution in [1.29, 1.82) is 0 Å². The van der Waals surface area contributed by atoms with E-state index < -0.39 is 11.5 Å². The summed E-state index contributed by atoms with van der Waals surface area (Å²) in [5.41, 5.74) is 1.02. The highest BCUT2D eigenvalue weighted by Crippen LogP contribution is 2.26. The number of hydrogen-bond acceptors (Lipinski definition) is 7. The van der Waals surface area contributed by atoms with Gasteiger partial charge in [-0.1, -0.05) is 23.5 Å². The van der Waals surface area contributed by atoms with Crippen LogP contribution < -0.4 is 10.3 Å². The lowest BCUT2D eigenvalue weighted by molar-refractivity contribution is -0.132. The van der Waals surface area contributed by atoms with Crippen LogP contribution >= 0.6 is 11.3 Å². The smallest absolute Gasteiger partial charge is 0.318 e. The van der Waals surface area contributed by atoms with Crippen molar-refractivity contribution in [1.82, 2.24) is 19.6 Å². The van der Waals surface area contributed by atoms with Gasteiger partial charge in [0.15, 0.2) is 0 Å². The molecule has 0 saturated heterocycles. The van der Waals surface area contributed by atoms with Crippen LogP contribution in [-0.4, -0.2) is 25.6 Å². The number of hydrogen-bond donors (Lipinski definition) is 0. The number of benzene rings is 1. The Kier molecular flexibility index (Phi) is 4.96. The number of carbonyl (C=O) groups excluding carboxylic acids is 1. The Morgan fingerprint density at radius 3 is 2.69 bits per heavy atom. The number of ether oxygens (including phenoxy) is 1. The number of esters is 1. The fourth-order valence-corrected chi connectivity index (χ4v) is 3.46. The normalized spacial score (nSPS) is 11.2. The topological polar surface area (TPSA) is 86.4 Å². The largest absolute Gasteiger partial charge is 0.418 e. The second-order valence-electron chi connectivity index (χ2n) is 5.95. The van der Waals surface area contributed by atoms with Crippen molar-refractivity contribution in [2.45, 2.75) is 6.92 Å². The van der Waals surface area contributed by atoms with Gasteiger partial charge in [0, 0.05) is 24.9 Å². The zero-order valence-electron chi connectivity index (χ0n) is 15.1. The first-order valence-electron chi connectivity index (χ1n) is 8.47. The van der Waals surface area contributed by atoms with E-state index in [9.17, 15) is 14.0 Å². The summed E-state index contributed by atoms with van der Waals surface area (Å²) in [7, 11) is 0. The van der Waals surface area contributed by atoms with Gasteiger partial charge >= 0.3 is 11.5 Å². The summed E-state index contributed by atoms with van der Waals surface area (Å²) in [5, 5.41) is 4.73. The molecule has 7 nitrogen and oxygen atoms in total. The minimum atomic E-state index is -0.645. The molecule has 29 heavy (non-hydrogen) atoms. The lowest BCUT2D eigenvalue weighted by Crippen LogP contribution is -2.21. The molecule has 0 fully saturated rings. The SMILES string of the molecule is CC(=O)Oc1c(C=Cc2cccnc2)nc2sc(-c3ccc(F)cc3)nn2c1=O. The Hall–Kier alpha value is -3.72. The molecule has 4 aromatic rings. The molecule has 0 bridgehead atoms.